The van der Waals surface area contributed by atoms with Crippen molar-refractivity contribution in [1.82, 2.24) is 4.57 Å². The van der Waals surface area contributed by atoms with Crippen molar-refractivity contribution in [1.29, 1.82) is 0 Å². The number of hydrogen-bond donors (Lipinski definition) is 0. The molecule has 0 fully saturated rings. The molecule has 0 saturated heterocycles. The zero-order valence-corrected chi connectivity index (χ0v) is 16.9. The normalized spacial score (nSPS) is 11.0. The summed E-state index contributed by atoms with van der Waals surface area (Å²) in [7, 11) is -2.26. The maximum atomic E-state index is 3.59. The summed E-state index contributed by atoms with van der Waals surface area (Å²) in [5.41, 5.74) is 9.28. The van der Waals surface area contributed by atoms with Gasteiger partial charge in [-0.15, -0.1) is 0 Å². The Hall–Kier alpha value is -2.26. The van der Waals surface area contributed by atoms with Gasteiger partial charge in [-0.3, -0.25) is 0 Å². The molecule has 0 aromatic heterocycles. The summed E-state index contributed by atoms with van der Waals surface area (Å²) in [6, 6.07) is 21.2. The molecule has 0 radical (unpaired) electrons. The Kier molecular flexibility index (Phi) is 6.65. The van der Waals surface area contributed by atoms with E-state index >= 15 is 0 Å². The van der Waals surface area contributed by atoms with Crippen molar-refractivity contribution >= 4 is 8.24 Å². The Labute approximate surface area is 154 Å². The van der Waals surface area contributed by atoms with Crippen molar-refractivity contribution in [2.45, 2.75) is 46.3 Å². The van der Waals surface area contributed by atoms with Gasteiger partial charge in [0.1, 0.15) is 0 Å². The van der Waals surface area contributed by atoms with E-state index in [4.69, 9.17) is 0 Å². The van der Waals surface area contributed by atoms with E-state index in [0.29, 0.717) is 12.1 Å². The Morgan fingerprint density at radius 2 is 1.04 bits per heavy atom. The lowest BCUT2D eigenvalue weighted by Crippen LogP contribution is -2.56. The van der Waals surface area contributed by atoms with Crippen molar-refractivity contribution in [3.63, 3.8) is 0 Å². The molecule has 0 aliphatic carbocycles. The molecule has 0 heterocycles. The predicted octanol–water partition coefficient (Wildman–Crippen LogP) is 4.86. The Balaban J connectivity index is 2.48. The van der Waals surface area contributed by atoms with E-state index in [-0.39, 0.29) is 0 Å². The van der Waals surface area contributed by atoms with Crippen molar-refractivity contribution in [2.75, 3.05) is 0 Å². The van der Waals surface area contributed by atoms with Crippen LogP contribution in [-0.2, 0) is 0 Å². The SMILES string of the molecule is CC(C)N(C(C)C)[Si](C)(C#Cc1ccccc1)C#Cc1ccccc1. The van der Waals surface area contributed by atoms with Crippen LogP contribution in [0.1, 0.15) is 38.8 Å². The summed E-state index contributed by atoms with van der Waals surface area (Å²) in [4.78, 5) is 0. The van der Waals surface area contributed by atoms with Gasteiger partial charge in [0.25, 0.3) is 8.24 Å². The second kappa shape index (κ2) is 8.72. The van der Waals surface area contributed by atoms with Gasteiger partial charge >= 0.3 is 0 Å². The van der Waals surface area contributed by atoms with Gasteiger partial charge in [-0.05, 0) is 42.9 Å². The summed E-state index contributed by atoms with van der Waals surface area (Å²) in [5, 5.41) is 0. The summed E-state index contributed by atoms with van der Waals surface area (Å²) in [6.07, 6.45) is 0. The third-order valence-corrected chi connectivity index (χ3v) is 7.37. The average molecular weight is 346 g/mol. The highest BCUT2D eigenvalue weighted by Crippen LogP contribution is 2.17. The molecule has 2 aromatic rings. The lowest BCUT2D eigenvalue weighted by molar-refractivity contribution is 0.302. The zero-order valence-electron chi connectivity index (χ0n) is 15.9. The molecule has 0 amide bonds. The van der Waals surface area contributed by atoms with Crippen LogP contribution in [0.3, 0.4) is 0 Å². The van der Waals surface area contributed by atoms with E-state index in [2.05, 4.69) is 86.0 Å². The van der Waals surface area contributed by atoms with Crippen LogP contribution in [0.15, 0.2) is 60.7 Å². The molecule has 0 aliphatic heterocycles. The fourth-order valence-corrected chi connectivity index (χ4v) is 6.38. The van der Waals surface area contributed by atoms with Crippen LogP contribution in [0.2, 0.25) is 6.55 Å². The Morgan fingerprint density at radius 3 is 1.36 bits per heavy atom. The molecule has 0 aliphatic rings. The van der Waals surface area contributed by atoms with Crippen LogP contribution in [0.25, 0.3) is 0 Å². The molecule has 128 valence electrons. The molecule has 2 rings (SSSR count). The average Bonchev–Trinajstić information content (AvgIpc) is 2.59. The van der Waals surface area contributed by atoms with Crippen molar-refractivity contribution in [2.24, 2.45) is 0 Å². The van der Waals surface area contributed by atoms with E-state index in [1.165, 1.54) is 0 Å². The van der Waals surface area contributed by atoms with Crippen molar-refractivity contribution < 1.29 is 0 Å². The summed E-state index contributed by atoms with van der Waals surface area (Å²) in [5.74, 6) is 6.76. The fourth-order valence-electron chi connectivity index (χ4n) is 3.22. The quantitative estimate of drug-likeness (QED) is 0.567. The van der Waals surface area contributed by atoms with Crippen LogP contribution in [0.4, 0.5) is 0 Å². The number of benzene rings is 2. The lowest BCUT2D eigenvalue weighted by Gasteiger charge is -2.38. The van der Waals surface area contributed by atoms with Gasteiger partial charge in [-0.1, -0.05) is 87.0 Å². The first-order chi connectivity index (χ1) is 11.9. The number of rotatable bonds is 3. The molecule has 0 spiro atoms. The van der Waals surface area contributed by atoms with Crippen LogP contribution >= 0.6 is 0 Å². The first-order valence-corrected chi connectivity index (χ1v) is 11.3. The van der Waals surface area contributed by atoms with Gasteiger partial charge in [0.05, 0.1) is 0 Å². The third kappa shape index (κ3) is 5.36. The maximum Gasteiger partial charge on any atom is 0.288 e. The van der Waals surface area contributed by atoms with Gasteiger partial charge in [0.15, 0.2) is 0 Å². The van der Waals surface area contributed by atoms with Crippen molar-refractivity contribution in [3.05, 3.63) is 71.8 Å². The second-order valence-corrected chi connectivity index (χ2v) is 10.1. The van der Waals surface area contributed by atoms with E-state index in [1.54, 1.807) is 0 Å². The van der Waals surface area contributed by atoms with E-state index < -0.39 is 8.24 Å². The molecular formula is C23H27NSi. The van der Waals surface area contributed by atoms with Gasteiger partial charge < -0.3 is 4.57 Å². The van der Waals surface area contributed by atoms with Crippen LogP contribution < -0.4 is 0 Å². The molecule has 0 saturated carbocycles. The minimum Gasteiger partial charge on any atom is -0.300 e. The molecule has 0 unspecified atom stereocenters. The van der Waals surface area contributed by atoms with E-state index in [1.807, 2.05) is 36.4 Å². The van der Waals surface area contributed by atoms with Gasteiger partial charge in [-0.25, -0.2) is 0 Å². The van der Waals surface area contributed by atoms with Gasteiger partial charge in [0, 0.05) is 11.1 Å². The molecule has 1 nitrogen and oxygen atoms in total. The maximum absolute atomic E-state index is 3.59. The summed E-state index contributed by atoms with van der Waals surface area (Å²) >= 11 is 0. The van der Waals surface area contributed by atoms with Crippen LogP contribution in [-0.4, -0.2) is 24.9 Å². The van der Waals surface area contributed by atoms with Gasteiger partial charge in [-0.2, -0.15) is 0 Å². The molecule has 0 bridgehead atoms. The number of nitrogens with zero attached hydrogens (tertiary/aromatic N) is 1. The smallest absolute Gasteiger partial charge is 0.288 e. The molecule has 0 N–H and O–H groups in total. The summed E-state index contributed by atoms with van der Waals surface area (Å²) < 4.78 is 2.51. The predicted molar refractivity (Wildman–Crippen MR) is 110 cm³/mol. The number of hydrogen-bond acceptors (Lipinski definition) is 1. The Morgan fingerprint density at radius 1 is 0.680 bits per heavy atom. The molecule has 0 atom stereocenters. The fraction of sp³-hybridized carbons (Fsp3) is 0.304. The molecule has 2 heteroatoms. The minimum atomic E-state index is -2.26. The molecule has 25 heavy (non-hydrogen) atoms. The first-order valence-electron chi connectivity index (χ1n) is 8.87. The topological polar surface area (TPSA) is 3.24 Å². The van der Waals surface area contributed by atoms with E-state index in [9.17, 15) is 0 Å². The highest BCUT2D eigenvalue weighted by Gasteiger charge is 2.36. The summed E-state index contributed by atoms with van der Waals surface area (Å²) in [6.45, 7) is 11.2. The van der Waals surface area contributed by atoms with Crippen LogP contribution in [0.5, 0.6) is 0 Å². The van der Waals surface area contributed by atoms with Crippen LogP contribution in [0, 0.1) is 22.9 Å². The minimum absolute atomic E-state index is 0.409. The first kappa shape index (κ1) is 19.1. The Bertz CT molecular complexity index is 720. The third-order valence-electron chi connectivity index (χ3n) is 4.08. The highest BCUT2D eigenvalue weighted by atomic mass is 28.3. The lowest BCUT2D eigenvalue weighted by atomic mass is 10.2. The highest BCUT2D eigenvalue weighted by molar-refractivity contribution is 6.91. The largest absolute Gasteiger partial charge is 0.300 e. The molecule has 2 aromatic carbocycles. The van der Waals surface area contributed by atoms with E-state index in [0.717, 1.165) is 11.1 Å². The second-order valence-electron chi connectivity index (χ2n) is 6.90. The standard InChI is InChI=1S/C23H27NSi/c1-20(2)24(21(3)4)25(5,18-16-22-12-8-6-9-13-22)19-17-23-14-10-7-11-15-23/h6-15,20-21H,1-5H3. The zero-order chi connectivity index (χ0) is 18.3. The van der Waals surface area contributed by atoms with Gasteiger partial charge in [0.2, 0.25) is 0 Å². The van der Waals surface area contributed by atoms with Crippen molar-refractivity contribution in [3.8, 4) is 22.9 Å². The molecular weight excluding hydrogens is 318 g/mol. The monoisotopic (exact) mass is 345 g/mol.